The van der Waals surface area contributed by atoms with Crippen LogP contribution in [0.3, 0.4) is 0 Å². The van der Waals surface area contributed by atoms with E-state index in [4.69, 9.17) is 0 Å². The third-order valence-electron chi connectivity index (χ3n) is 4.26. The highest BCUT2D eigenvalue weighted by Crippen LogP contribution is 2.25. The average Bonchev–Trinajstić information content (AvgIpc) is 2.61. The van der Waals surface area contributed by atoms with Gasteiger partial charge in [-0.15, -0.1) is 0 Å². The first kappa shape index (κ1) is 13.8. The summed E-state index contributed by atoms with van der Waals surface area (Å²) in [6, 6.07) is 0.296. The zero-order chi connectivity index (χ0) is 13.2. The number of rotatable bonds is 3. The molecule has 1 amide bonds. The fourth-order valence-corrected chi connectivity index (χ4v) is 4.95. The molecule has 0 aromatic heterocycles. The molecule has 0 spiro atoms. The van der Waals surface area contributed by atoms with Crippen LogP contribution >= 0.6 is 0 Å². The van der Waals surface area contributed by atoms with Crippen molar-refractivity contribution in [2.45, 2.75) is 51.5 Å². The SMILES string of the molecule is C[C@@H]1CCCC[C@H]1NC(=O)C[C@H]1CCS(=O)(=O)C1. The lowest BCUT2D eigenvalue weighted by Crippen LogP contribution is -2.41. The maximum atomic E-state index is 11.9. The van der Waals surface area contributed by atoms with E-state index in [2.05, 4.69) is 12.2 Å². The fraction of sp³-hybridized carbons (Fsp3) is 0.923. The molecule has 1 N–H and O–H groups in total. The van der Waals surface area contributed by atoms with Gasteiger partial charge in [0.15, 0.2) is 9.84 Å². The fourth-order valence-electron chi connectivity index (χ4n) is 3.09. The molecule has 1 aliphatic carbocycles. The van der Waals surface area contributed by atoms with Gasteiger partial charge in [-0.2, -0.15) is 0 Å². The van der Waals surface area contributed by atoms with Gasteiger partial charge in [-0.05, 0) is 31.1 Å². The van der Waals surface area contributed by atoms with E-state index in [0.29, 0.717) is 24.8 Å². The number of hydrogen-bond acceptors (Lipinski definition) is 3. The molecule has 2 fully saturated rings. The van der Waals surface area contributed by atoms with Gasteiger partial charge < -0.3 is 5.32 Å². The summed E-state index contributed by atoms with van der Waals surface area (Å²) < 4.78 is 22.7. The highest BCUT2D eigenvalue weighted by Gasteiger charge is 2.30. The molecule has 0 radical (unpaired) electrons. The second kappa shape index (κ2) is 5.59. The average molecular weight is 273 g/mol. The molecular formula is C13H23NO3S. The lowest BCUT2D eigenvalue weighted by atomic mass is 9.86. The number of carbonyl (C=O) groups is 1. The van der Waals surface area contributed by atoms with Gasteiger partial charge >= 0.3 is 0 Å². The number of nitrogens with one attached hydrogen (secondary N) is 1. The van der Waals surface area contributed by atoms with Gasteiger partial charge in [0.05, 0.1) is 11.5 Å². The zero-order valence-corrected chi connectivity index (χ0v) is 11.8. The van der Waals surface area contributed by atoms with Gasteiger partial charge in [-0.25, -0.2) is 8.42 Å². The Morgan fingerprint density at radius 2 is 1.94 bits per heavy atom. The maximum Gasteiger partial charge on any atom is 0.220 e. The largest absolute Gasteiger partial charge is 0.353 e. The van der Waals surface area contributed by atoms with E-state index in [9.17, 15) is 13.2 Å². The number of amides is 1. The Morgan fingerprint density at radius 3 is 2.56 bits per heavy atom. The van der Waals surface area contributed by atoms with Crippen molar-refractivity contribution in [2.75, 3.05) is 11.5 Å². The molecule has 2 rings (SSSR count). The van der Waals surface area contributed by atoms with E-state index in [-0.39, 0.29) is 23.3 Å². The molecule has 1 heterocycles. The Hall–Kier alpha value is -0.580. The van der Waals surface area contributed by atoms with Crippen molar-refractivity contribution in [1.29, 1.82) is 0 Å². The van der Waals surface area contributed by atoms with Crippen molar-refractivity contribution in [2.24, 2.45) is 11.8 Å². The number of hydrogen-bond donors (Lipinski definition) is 1. The van der Waals surface area contributed by atoms with Crippen LogP contribution in [0.2, 0.25) is 0 Å². The van der Waals surface area contributed by atoms with Crippen LogP contribution in [-0.2, 0) is 14.6 Å². The van der Waals surface area contributed by atoms with Gasteiger partial charge in [-0.3, -0.25) is 4.79 Å². The van der Waals surface area contributed by atoms with Crippen LogP contribution in [0.15, 0.2) is 0 Å². The van der Waals surface area contributed by atoms with Crippen molar-refractivity contribution in [3.05, 3.63) is 0 Å². The summed E-state index contributed by atoms with van der Waals surface area (Å²) in [6.45, 7) is 2.18. The quantitative estimate of drug-likeness (QED) is 0.847. The Balaban J connectivity index is 1.78. The van der Waals surface area contributed by atoms with Crippen molar-refractivity contribution in [3.63, 3.8) is 0 Å². The molecule has 1 aliphatic heterocycles. The molecule has 1 saturated heterocycles. The van der Waals surface area contributed by atoms with Crippen LogP contribution in [0.4, 0.5) is 0 Å². The second-order valence-corrected chi connectivity index (χ2v) is 8.14. The summed E-state index contributed by atoms with van der Waals surface area (Å²) >= 11 is 0. The lowest BCUT2D eigenvalue weighted by molar-refractivity contribution is -0.123. The molecule has 3 atom stereocenters. The smallest absolute Gasteiger partial charge is 0.220 e. The Kier molecular flexibility index (Phi) is 4.30. The molecule has 18 heavy (non-hydrogen) atoms. The minimum atomic E-state index is -2.86. The highest BCUT2D eigenvalue weighted by molar-refractivity contribution is 7.91. The zero-order valence-electron chi connectivity index (χ0n) is 11.0. The molecule has 2 aliphatic rings. The number of carbonyl (C=O) groups excluding carboxylic acids is 1. The molecule has 1 saturated carbocycles. The standard InChI is InChI=1S/C13H23NO3S/c1-10-4-2-3-5-12(10)14-13(15)8-11-6-7-18(16,17)9-11/h10-12H,2-9H2,1H3,(H,14,15)/t10-,11-,12-/m1/s1. The molecule has 5 heteroatoms. The minimum Gasteiger partial charge on any atom is -0.353 e. The third kappa shape index (κ3) is 3.70. The Bertz CT molecular complexity index is 404. The molecule has 0 aromatic carbocycles. The summed E-state index contributed by atoms with van der Waals surface area (Å²) in [7, 11) is -2.86. The summed E-state index contributed by atoms with van der Waals surface area (Å²) in [5, 5.41) is 3.09. The molecular weight excluding hydrogens is 250 g/mol. The minimum absolute atomic E-state index is 0.0360. The third-order valence-corrected chi connectivity index (χ3v) is 6.10. The van der Waals surface area contributed by atoms with Crippen molar-refractivity contribution in [3.8, 4) is 0 Å². The van der Waals surface area contributed by atoms with Crippen LogP contribution in [0.5, 0.6) is 0 Å². The lowest BCUT2D eigenvalue weighted by Gasteiger charge is -2.29. The van der Waals surface area contributed by atoms with Gasteiger partial charge in [0.1, 0.15) is 0 Å². The molecule has 4 nitrogen and oxygen atoms in total. The van der Waals surface area contributed by atoms with Gasteiger partial charge in [-0.1, -0.05) is 19.8 Å². The van der Waals surface area contributed by atoms with Crippen molar-refractivity contribution < 1.29 is 13.2 Å². The van der Waals surface area contributed by atoms with Crippen LogP contribution in [0.1, 0.15) is 45.4 Å². The van der Waals surface area contributed by atoms with Crippen LogP contribution in [0.25, 0.3) is 0 Å². The van der Waals surface area contributed by atoms with Crippen LogP contribution < -0.4 is 5.32 Å². The second-order valence-electron chi connectivity index (χ2n) is 5.91. The summed E-state index contributed by atoms with van der Waals surface area (Å²) in [5.41, 5.74) is 0. The monoisotopic (exact) mass is 273 g/mol. The van der Waals surface area contributed by atoms with Gasteiger partial charge in [0, 0.05) is 12.5 Å². The molecule has 104 valence electrons. The Labute approximate surface area is 109 Å². The molecule has 0 bridgehead atoms. The molecule has 0 aromatic rings. The van der Waals surface area contributed by atoms with Crippen molar-refractivity contribution in [1.82, 2.24) is 5.32 Å². The van der Waals surface area contributed by atoms with E-state index < -0.39 is 9.84 Å². The summed E-state index contributed by atoms with van der Waals surface area (Å²) in [5.74, 6) is 1.07. The van der Waals surface area contributed by atoms with Crippen LogP contribution in [-0.4, -0.2) is 31.9 Å². The maximum absolute atomic E-state index is 11.9. The first-order valence-electron chi connectivity index (χ1n) is 6.96. The van der Waals surface area contributed by atoms with Crippen LogP contribution in [0, 0.1) is 11.8 Å². The van der Waals surface area contributed by atoms with Crippen molar-refractivity contribution >= 4 is 15.7 Å². The number of sulfone groups is 1. The highest BCUT2D eigenvalue weighted by atomic mass is 32.2. The summed E-state index contributed by atoms with van der Waals surface area (Å²) in [4.78, 5) is 11.9. The predicted octanol–water partition coefficient (Wildman–Crippen LogP) is 1.51. The first-order valence-corrected chi connectivity index (χ1v) is 8.78. The van der Waals surface area contributed by atoms with Gasteiger partial charge in [0.25, 0.3) is 0 Å². The first-order chi connectivity index (χ1) is 8.46. The summed E-state index contributed by atoms with van der Waals surface area (Å²) in [6.07, 6.45) is 5.72. The van der Waals surface area contributed by atoms with Gasteiger partial charge in [0.2, 0.25) is 5.91 Å². The van der Waals surface area contributed by atoms with E-state index in [0.717, 1.165) is 6.42 Å². The Morgan fingerprint density at radius 1 is 1.22 bits per heavy atom. The topological polar surface area (TPSA) is 63.2 Å². The predicted molar refractivity (Wildman–Crippen MR) is 70.9 cm³/mol. The van der Waals surface area contributed by atoms with E-state index in [1.165, 1.54) is 19.3 Å². The normalized spacial score (nSPS) is 35.3. The molecule has 0 unspecified atom stereocenters. The van der Waals surface area contributed by atoms with E-state index in [1.807, 2.05) is 0 Å². The van der Waals surface area contributed by atoms with E-state index >= 15 is 0 Å². The van der Waals surface area contributed by atoms with E-state index in [1.54, 1.807) is 0 Å².